The smallest absolute Gasteiger partial charge is 0.364 e. The molecular weight excluding hydrogens is 455 g/mol. The first-order valence-corrected chi connectivity index (χ1v) is 12.9. The summed E-state index contributed by atoms with van der Waals surface area (Å²) in [4.78, 5) is 2.53. The van der Waals surface area contributed by atoms with Gasteiger partial charge in [0.1, 0.15) is 0 Å². The molecule has 0 bridgehead atoms. The van der Waals surface area contributed by atoms with E-state index in [1.807, 2.05) is 6.92 Å². The lowest BCUT2D eigenvalue weighted by atomic mass is 9.89. The number of likely N-dealkylation sites (tertiary alicyclic amines) is 1. The van der Waals surface area contributed by atoms with Crippen molar-refractivity contribution in [2.45, 2.75) is 57.3 Å². The SMILES string of the molecule is Cc1cc(-c2ccc(C(F)(F)F)cc2NS(C)(=O)=O)nnc1N[C@@H]1CCCN(C2CCC2)C1. The van der Waals surface area contributed by atoms with E-state index >= 15 is 0 Å². The van der Waals surface area contributed by atoms with Crippen molar-refractivity contribution in [3.8, 4) is 11.3 Å². The van der Waals surface area contributed by atoms with Gasteiger partial charge < -0.3 is 5.32 Å². The van der Waals surface area contributed by atoms with Gasteiger partial charge in [-0.1, -0.05) is 12.5 Å². The first-order valence-electron chi connectivity index (χ1n) is 11.0. The van der Waals surface area contributed by atoms with Crippen LogP contribution in [0.3, 0.4) is 0 Å². The van der Waals surface area contributed by atoms with Crippen LogP contribution in [0.2, 0.25) is 0 Å². The lowest BCUT2D eigenvalue weighted by Crippen LogP contribution is -2.49. The molecule has 1 aliphatic heterocycles. The monoisotopic (exact) mass is 483 g/mol. The van der Waals surface area contributed by atoms with Crippen LogP contribution in [0, 0.1) is 6.92 Å². The van der Waals surface area contributed by atoms with Gasteiger partial charge in [-0.25, -0.2) is 8.42 Å². The van der Waals surface area contributed by atoms with Gasteiger partial charge in [-0.3, -0.25) is 9.62 Å². The lowest BCUT2D eigenvalue weighted by molar-refractivity contribution is -0.137. The van der Waals surface area contributed by atoms with Gasteiger partial charge in [0.2, 0.25) is 10.0 Å². The highest BCUT2D eigenvalue weighted by atomic mass is 32.2. The van der Waals surface area contributed by atoms with Crippen LogP contribution in [-0.2, 0) is 16.2 Å². The van der Waals surface area contributed by atoms with Crippen molar-refractivity contribution >= 4 is 21.5 Å². The minimum Gasteiger partial charge on any atom is -0.364 e. The number of nitrogens with zero attached hydrogens (tertiary/aromatic N) is 3. The molecule has 7 nitrogen and oxygen atoms in total. The number of piperidine rings is 1. The number of anilines is 2. The third-order valence-corrected chi connectivity index (χ3v) is 6.88. The predicted molar refractivity (Wildman–Crippen MR) is 122 cm³/mol. The number of hydrogen-bond donors (Lipinski definition) is 2. The van der Waals surface area contributed by atoms with E-state index in [1.165, 1.54) is 25.3 Å². The van der Waals surface area contributed by atoms with Crippen molar-refractivity contribution in [3.05, 3.63) is 35.4 Å². The lowest BCUT2D eigenvalue weighted by Gasteiger charge is -2.42. The zero-order chi connectivity index (χ0) is 23.8. The van der Waals surface area contributed by atoms with Crippen molar-refractivity contribution in [1.82, 2.24) is 15.1 Å². The summed E-state index contributed by atoms with van der Waals surface area (Å²) in [5.41, 5.74) is 0.159. The number of aromatic nitrogens is 2. The molecule has 4 rings (SSSR count). The van der Waals surface area contributed by atoms with E-state index in [1.54, 1.807) is 6.07 Å². The van der Waals surface area contributed by atoms with Crippen LogP contribution in [0.4, 0.5) is 24.7 Å². The molecule has 33 heavy (non-hydrogen) atoms. The molecule has 1 saturated heterocycles. The number of aryl methyl sites for hydroxylation is 1. The van der Waals surface area contributed by atoms with Gasteiger partial charge >= 0.3 is 6.18 Å². The number of hydrogen-bond acceptors (Lipinski definition) is 6. The molecule has 2 N–H and O–H groups in total. The summed E-state index contributed by atoms with van der Waals surface area (Å²) in [5, 5.41) is 11.9. The second-order valence-electron chi connectivity index (χ2n) is 8.96. The maximum atomic E-state index is 13.2. The van der Waals surface area contributed by atoms with Gasteiger partial charge in [-0.2, -0.15) is 13.2 Å². The Labute approximate surface area is 191 Å². The number of nitrogens with one attached hydrogen (secondary N) is 2. The summed E-state index contributed by atoms with van der Waals surface area (Å²) in [7, 11) is -3.80. The molecule has 1 aliphatic carbocycles. The Morgan fingerprint density at radius 1 is 1.09 bits per heavy atom. The van der Waals surface area contributed by atoms with Crippen LogP contribution in [0.25, 0.3) is 11.3 Å². The number of rotatable bonds is 6. The fraction of sp³-hybridized carbons (Fsp3) is 0.545. The van der Waals surface area contributed by atoms with Crippen LogP contribution < -0.4 is 10.0 Å². The highest BCUT2D eigenvalue weighted by Gasteiger charge is 2.32. The number of halogens is 3. The van der Waals surface area contributed by atoms with Crippen LogP contribution in [0.1, 0.15) is 43.2 Å². The van der Waals surface area contributed by atoms with Crippen LogP contribution >= 0.6 is 0 Å². The Morgan fingerprint density at radius 3 is 2.45 bits per heavy atom. The molecule has 0 radical (unpaired) electrons. The summed E-state index contributed by atoms with van der Waals surface area (Å²) in [6, 6.07) is 5.54. The average molecular weight is 484 g/mol. The van der Waals surface area contributed by atoms with E-state index < -0.39 is 21.8 Å². The predicted octanol–water partition coefficient (Wildman–Crippen LogP) is 4.27. The molecule has 0 unspecified atom stereocenters. The van der Waals surface area contributed by atoms with Crippen molar-refractivity contribution in [1.29, 1.82) is 0 Å². The molecule has 1 aromatic carbocycles. The molecule has 0 amide bonds. The molecule has 2 aliphatic rings. The van der Waals surface area contributed by atoms with Gasteiger partial charge in [0, 0.05) is 24.2 Å². The molecular formula is C22H28F3N5O2S. The minimum absolute atomic E-state index is 0.190. The van der Waals surface area contributed by atoms with E-state index in [2.05, 4.69) is 25.1 Å². The average Bonchev–Trinajstić information content (AvgIpc) is 2.67. The Kier molecular flexibility index (Phi) is 6.54. The van der Waals surface area contributed by atoms with E-state index in [0.717, 1.165) is 49.9 Å². The molecule has 0 spiro atoms. The topological polar surface area (TPSA) is 87.2 Å². The number of benzene rings is 1. The van der Waals surface area contributed by atoms with Crippen molar-refractivity contribution in [2.75, 3.05) is 29.4 Å². The quantitative estimate of drug-likeness (QED) is 0.638. The third kappa shape index (κ3) is 5.75. The fourth-order valence-electron chi connectivity index (χ4n) is 4.39. The summed E-state index contributed by atoms with van der Waals surface area (Å²) < 4.78 is 65.1. The van der Waals surface area contributed by atoms with E-state index in [-0.39, 0.29) is 23.0 Å². The number of sulfonamides is 1. The first-order chi connectivity index (χ1) is 15.5. The largest absolute Gasteiger partial charge is 0.416 e. The molecule has 2 heterocycles. The Hall–Kier alpha value is -2.40. The van der Waals surface area contributed by atoms with E-state index in [0.29, 0.717) is 11.9 Å². The van der Waals surface area contributed by atoms with Crippen LogP contribution in [0.5, 0.6) is 0 Å². The van der Waals surface area contributed by atoms with Gasteiger partial charge in [0.15, 0.2) is 5.82 Å². The summed E-state index contributed by atoms with van der Waals surface area (Å²) in [6.45, 7) is 3.92. The van der Waals surface area contributed by atoms with Crippen molar-refractivity contribution < 1.29 is 21.6 Å². The van der Waals surface area contributed by atoms with E-state index in [9.17, 15) is 21.6 Å². The molecule has 1 aromatic heterocycles. The fourth-order valence-corrected chi connectivity index (χ4v) is 4.96. The third-order valence-electron chi connectivity index (χ3n) is 6.29. The summed E-state index contributed by atoms with van der Waals surface area (Å²) in [5.74, 6) is 0.628. The summed E-state index contributed by atoms with van der Waals surface area (Å²) in [6.07, 6.45) is 2.26. The second-order valence-corrected chi connectivity index (χ2v) is 10.7. The van der Waals surface area contributed by atoms with E-state index in [4.69, 9.17) is 0 Å². The number of alkyl halides is 3. The highest BCUT2D eigenvalue weighted by Crippen LogP contribution is 2.36. The van der Waals surface area contributed by atoms with Gasteiger partial charge in [0.05, 0.1) is 23.2 Å². The van der Waals surface area contributed by atoms with Crippen LogP contribution in [-0.4, -0.2) is 54.9 Å². The molecule has 1 saturated carbocycles. The maximum Gasteiger partial charge on any atom is 0.416 e. The second kappa shape index (κ2) is 9.09. The zero-order valence-electron chi connectivity index (χ0n) is 18.6. The Balaban J connectivity index is 1.57. The zero-order valence-corrected chi connectivity index (χ0v) is 19.4. The van der Waals surface area contributed by atoms with Crippen LogP contribution in [0.15, 0.2) is 24.3 Å². The molecule has 11 heteroatoms. The Morgan fingerprint density at radius 2 is 1.85 bits per heavy atom. The van der Waals surface area contributed by atoms with Gasteiger partial charge in [0.25, 0.3) is 0 Å². The standard InChI is InChI=1S/C22H28F3N5O2S/c1-14-11-19(18-9-8-15(22(23,24)25)12-20(18)29-33(2,31)32)27-28-21(14)26-16-5-4-10-30(13-16)17-6-3-7-17/h8-9,11-12,16-17,29H,3-7,10,13H2,1-2H3,(H,26,28)/t16-/m1/s1. The first kappa shape index (κ1) is 23.7. The van der Waals surface area contributed by atoms with Crippen molar-refractivity contribution in [2.24, 2.45) is 0 Å². The molecule has 2 aromatic rings. The minimum atomic E-state index is -4.60. The van der Waals surface area contributed by atoms with Gasteiger partial charge in [-0.15, -0.1) is 10.2 Å². The molecule has 2 fully saturated rings. The highest BCUT2D eigenvalue weighted by molar-refractivity contribution is 7.92. The Bertz CT molecular complexity index is 1120. The van der Waals surface area contributed by atoms with Gasteiger partial charge in [-0.05, 0) is 62.9 Å². The molecule has 1 atom stereocenters. The normalized spacial score (nSPS) is 20.3. The summed E-state index contributed by atoms with van der Waals surface area (Å²) >= 11 is 0. The van der Waals surface area contributed by atoms with Crippen molar-refractivity contribution in [3.63, 3.8) is 0 Å². The maximum absolute atomic E-state index is 13.2. The molecule has 180 valence electrons.